The van der Waals surface area contributed by atoms with Crippen LogP contribution in [-0.4, -0.2) is 24.0 Å². The van der Waals surface area contributed by atoms with E-state index in [0.717, 1.165) is 12.1 Å². The van der Waals surface area contributed by atoms with Crippen molar-refractivity contribution in [2.75, 3.05) is 7.05 Å². The molecule has 1 aromatic rings. The van der Waals surface area contributed by atoms with Crippen LogP contribution >= 0.6 is 0 Å². The molecule has 1 fully saturated rings. The van der Waals surface area contributed by atoms with Gasteiger partial charge in [0.2, 0.25) is 0 Å². The molecule has 2 atom stereocenters. The zero-order chi connectivity index (χ0) is 9.97. The van der Waals surface area contributed by atoms with E-state index in [-0.39, 0.29) is 0 Å². The summed E-state index contributed by atoms with van der Waals surface area (Å²) in [5.74, 6) is 0. The quantitative estimate of drug-likeness (QED) is 0.691. The third-order valence-corrected chi connectivity index (χ3v) is 3.50. The summed E-state index contributed by atoms with van der Waals surface area (Å²) in [5, 5.41) is 0. The van der Waals surface area contributed by atoms with E-state index in [1.54, 1.807) is 0 Å². The van der Waals surface area contributed by atoms with E-state index < -0.39 is 0 Å². The van der Waals surface area contributed by atoms with Crippen LogP contribution in [0.25, 0.3) is 0 Å². The van der Waals surface area contributed by atoms with Gasteiger partial charge in [0, 0.05) is 12.1 Å². The predicted molar refractivity (Wildman–Crippen MR) is 60.4 cm³/mol. The fraction of sp³-hybridized carbons (Fsp3) is 0.538. The second kappa shape index (κ2) is 4.14. The van der Waals surface area contributed by atoms with Crippen LogP contribution in [0.2, 0.25) is 0 Å². The highest BCUT2D eigenvalue weighted by molar-refractivity contribution is 5.16. The molecule has 14 heavy (non-hydrogen) atoms. The van der Waals surface area contributed by atoms with Gasteiger partial charge in [-0.25, -0.2) is 0 Å². The summed E-state index contributed by atoms with van der Waals surface area (Å²) in [6.45, 7) is 2.32. The second-order valence-corrected chi connectivity index (χ2v) is 4.44. The van der Waals surface area contributed by atoms with E-state index in [2.05, 4.69) is 49.2 Å². The number of nitrogens with zero attached hydrogens (tertiary/aromatic N) is 1. The minimum absolute atomic E-state index is 0.757. The Balaban J connectivity index is 1.99. The lowest BCUT2D eigenvalue weighted by Gasteiger charge is -2.23. The van der Waals surface area contributed by atoms with Crippen molar-refractivity contribution in [3.63, 3.8) is 0 Å². The van der Waals surface area contributed by atoms with Crippen molar-refractivity contribution < 1.29 is 0 Å². The molecule has 0 radical (unpaired) electrons. The summed E-state index contributed by atoms with van der Waals surface area (Å²) in [6.07, 6.45) is 3.92. The Morgan fingerprint density at radius 1 is 1.21 bits per heavy atom. The first-order chi connectivity index (χ1) is 6.77. The number of benzene rings is 1. The first-order valence-electron chi connectivity index (χ1n) is 5.53. The maximum atomic E-state index is 2.52. The molecule has 0 amide bonds. The molecule has 1 saturated heterocycles. The Kier molecular flexibility index (Phi) is 2.87. The van der Waals surface area contributed by atoms with Gasteiger partial charge in [0.05, 0.1) is 0 Å². The van der Waals surface area contributed by atoms with Gasteiger partial charge < -0.3 is 4.90 Å². The standard InChI is InChI=1S/C13H19N/c1-11-8-9-13(14(11)2)10-12-6-4-3-5-7-12/h3-7,11,13H,8-10H2,1-2H3/t11-,13+/m1/s1. The maximum Gasteiger partial charge on any atom is 0.0136 e. The Labute approximate surface area is 86.7 Å². The first kappa shape index (κ1) is 9.72. The Bertz CT molecular complexity index is 281. The molecular weight excluding hydrogens is 170 g/mol. The molecule has 2 rings (SSSR count). The van der Waals surface area contributed by atoms with Crippen LogP contribution in [0.15, 0.2) is 30.3 Å². The molecule has 0 saturated carbocycles. The van der Waals surface area contributed by atoms with Crippen LogP contribution in [0, 0.1) is 0 Å². The fourth-order valence-electron chi connectivity index (χ4n) is 2.33. The number of hydrogen-bond acceptors (Lipinski definition) is 1. The predicted octanol–water partition coefficient (Wildman–Crippen LogP) is 2.71. The molecule has 1 aromatic carbocycles. The van der Waals surface area contributed by atoms with Crippen molar-refractivity contribution in [3.05, 3.63) is 35.9 Å². The second-order valence-electron chi connectivity index (χ2n) is 4.44. The lowest BCUT2D eigenvalue weighted by Crippen LogP contribution is -2.31. The topological polar surface area (TPSA) is 3.24 Å². The van der Waals surface area contributed by atoms with Crippen molar-refractivity contribution in [3.8, 4) is 0 Å². The highest BCUT2D eigenvalue weighted by atomic mass is 15.2. The molecule has 0 bridgehead atoms. The van der Waals surface area contributed by atoms with Crippen LogP contribution in [0.5, 0.6) is 0 Å². The zero-order valence-electron chi connectivity index (χ0n) is 9.11. The van der Waals surface area contributed by atoms with Crippen LogP contribution < -0.4 is 0 Å². The van der Waals surface area contributed by atoms with Crippen LogP contribution in [0.3, 0.4) is 0 Å². The minimum Gasteiger partial charge on any atom is -0.300 e. The monoisotopic (exact) mass is 189 g/mol. The number of likely N-dealkylation sites (N-methyl/N-ethyl adjacent to an activating group) is 1. The molecule has 1 heterocycles. The van der Waals surface area contributed by atoms with Gasteiger partial charge in [-0.2, -0.15) is 0 Å². The molecule has 1 aliphatic rings. The summed E-state index contributed by atoms with van der Waals surface area (Å²) in [5.41, 5.74) is 1.47. The van der Waals surface area contributed by atoms with Crippen LogP contribution in [-0.2, 0) is 6.42 Å². The third kappa shape index (κ3) is 1.98. The SMILES string of the molecule is C[C@@H]1CC[C@@H](Cc2ccccc2)N1C. The van der Waals surface area contributed by atoms with Gasteiger partial charge in [-0.1, -0.05) is 30.3 Å². The first-order valence-corrected chi connectivity index (χ1v) is 5.53. The van der Waals surface area contributed by atoms with E-state index in [9.17, 15) is 0 Å². The van der Waals surface area contributed by atoms with Crippen LogP contribution in [0.4, 0.5) is 0 Å². The average molecular weight is 189 g/mol. The summed E-state index contributed by atoms with van der Waals surface area (Å²) in [6, 6.07) is 12.3. The summed E-state index contributed by atoms with van der Waals surface area (Å²) in [7, 11) is 2.26. The van der Waals surface area contributed by atoms with Crippen molar-refractivity contribution in [1.29, 1.82) is 0 Å². The molecule has 0 aromatic heterocycles. The highest BCUT2D eigenvalue weighted by Gasteiger charge is 2.26. The average Bonchev–Trinajstić information content (AvgIpc) is 2.52. The van der Waals surface area contributed by atoms with E-state index in [0.29, 0.717) is 0 Å². The molecule has 0 spiro atoms. The fourth-order valence-corrected chi connectivity index (χ4v) is 2.33. The Hall–Kier alpha value is -0.820. The van der Waals surface area contributed by atoms with Gasteiger partial charge in [-0.3, -0.25) is 0 Å². The highest BCUT2D eigenvalue weighted by Crippen LogP contribution is 2.24. The van der Waals surface area contributed by atoms with Gasteiger partial charge in [-0.15, -0.1) is 0 Å². The van der Waals surface area contributed by atoms with Gasteiger partial charge in [0.25, 0.3) is 0 Å². The number of hydrogen-bond donors (Lipinski definition) is 0. The summed E-state index contributed by atoms with van der Waals surface area (Å²) in [4.78, 5) is 2.52. The van der Waals surface area contributed by atoms with Gasteiger partial charge in [0.1, 0.15) is 0 Å². The molecule has 0 unspecified atom stereocenters. The molecule has 0 aliphatic carbocycles. The van der Waals surface area contributed by atoms with Crippen molar-refractivity contribution in [1.82, 2.24) is 4.90 Å². The smallest absolute Gasteiger partial charge is 0.0136 e. The van der Waals surface area contributed by atoms with E-state index in [4.69, 9.17) is 0 Å². The van der Waals surface area contributed by atoms with Crippen molar-refractivity contribution >= 4 is 0 Å². The molecule has 76 valence electrons. The molecule has 1 heteroatoms. The van der Waals surface area contributed by atoms with Crippen molar-refractivity contribution in [2.45, 2.75) is 38.3 Å². The maximum absolute atomic E-state index is 2.52. The number of rotatable bonds is 2. The van der Waals surface area contributed by atoms with Gasteiger partial charge >= 0.3 is 0 Å². The third-order valence-electron chi connectivity index (χ3n) is 3.50. The lowest BCUT2D eigenvalue weighted by atomic mass is 10.0. The zero-order valence-corrected chi connectivity index (χ0v) is 9.11. The van der Waals surface area contributed by atoms with Crippen LogP contribution in [0.1, 0.15) is 25.3 Å². The Morgan fingerprint density at radius 3 is 2.50 bits per heavy atom. The summed E-state index contributed by atoms with van der Waals surface area (Å²) < 4.78 is 0. The number of likely N-dealkylation sites (tertiary alicyclic amines) is 1. The summed E-state index contributed by atoms with van der Waals surface area (Å²) >= 11 is 0. The van der Waals surface area contributed by atoms with E-state index in [1.165, 1.54) is 24.8 Å². The normalized spacial score (nSPS) is 28.1. The minimum atomic E-state index is 0.757. The van der Waals surface area contributed by atoms with Gasteiger partial charge in [0.15, 0.2) is 0 Å². The Morgan fingerprint density at radius 2 is 1.93 bits per heavy atom. The molecular formula is C13H19N. The van der Waals surface area contributed by atoms with Gasteiger partial charge in [-0.05, 0) is 38.8 Å². The molecule has 1 aliphatic heterocycles. The largest absolute Gasteiger partial charge is 0.300 e. The van der Waals surface area contributed by atoms with Crippen molar-refractivity contribution in [2.24, 2.45) is 0 Å². The molecule has 1 nitrogen and oxygen atoms in total. The molecule has 0 N–H and O–H groups in total. The van der Waals surface area contributed by atoms with E-state index >= 15 is 0 Å². The van der Waals surface area contributed by atoms with E-state index in [1.807, 2.05) is 0 Å². The lowest BCUT2D eigenvalue weighted by molar-refractivity contribution is 0.252.